The first-order chi connectivity index (χ1) is 33.1. The van der Waals surface area contributed by atoms with E-state index in [2.05, 4.69) is 123 Å². The van der Waals surface area contributed by atoms with Gasteiger partial charge in [0.05, 0.1) is 40.3 Å². The molecule has 68 heavy (non-hydrogen) atoms. The van der Waals surface area contributed by atoms with Gasteiger partial charge in [-0.1, -0.05) is 181 Å². The lowest BCUT2D eigenvalue weighted by Gasteiger charge is -2.26. The molecule has 0 aromatic rings. The lowest BCUT2D eigenvalue weighted by atomic mass is 10.1. The Morgan fingerprint density at radius 3 is 1.25 bits per heavy atom. The standard InChI is InChI=1S/C59H97NO8/c1-6-8-10-12-14-16-18-20-22-24-25-26-27-28-29-30-31-32-33-34-36-38-40-42-44-46-48-50-57(62)68-55(54-67-59(58(63)64)65-52-51-60(3,4)5)53-66-56(61)49-47-45-43-41-39-37-35-23-21-19-17-15-13-11-9-7-2/h8,10,14,16-17,19-20,22-23,25-26,28-29,31-32,34-36,55,59H,6-7,9,11-13,15,18,21,24,27,30,33,37-54H2,1-5H3/b10-8-,16-14-,19-17-,22-20-,26-25-,29-28-,32-31-,35-23-,36-34-. The van der Waals surface area contributed by atoms with Crippen LogP contribution in [0, 0.1) is 0 Å². The number of esters is 2. The normalized spacial score (nSPS) is 13.7. The third-order valence-corrected chi connectivity index (χ3v) is 10.8. The summed E-state index contributed by atoms with van der Waals surface area (Å²) in [5.41, 5.74) is 0. The SMILES string of the molecule is CC/C=C\C/C=C\C/C=C\C/C=C\C/C=C\C/C=C\C/C=C\CCCCCCCC(=O)OC(COC(=O)CCCCCCC/C=C\C/C=C\CCCCCC)COC(OCC[N+](C)(C)C)C(=O)[O-]. The van der Waals surface area contributed by atoms with Crippen LogP contribution in [0.25, 0.3) is 0 Å². The zero-order valence-electron chi connectivity index (χ0n) is 43.7. The number of ether oxygens (including phenoxy) is 4. The van der Waals surface area contributed by atoms with Gasteiger partial charge in [-0.05, 0) is 103 Å². The topological polar surface area (TPSA) is 111 Å². The maximum absolute atomic E-state index is 12.8. The molecule has 0 radical (unpaired) electrons. The Balaban J connectivity index is 4.40. The van der Waals surface area contributed by atoms with Crippen LogP contribution in [0.1, 0.15) is 187 Å². The molecule has 0 saturated carbocycles. The number of carboxylic acids is 1. The number of rotatable bonds is 47. The van der Waals surface area contributed by atoms with Gasteiger partial charge in [-0.2, -0.15) is 0 Å². The number of quaternary nitrogens is 1. The highest BCUT2D eigenvalue weighted by atomic mass is 16.7. The van der Waals surface area contributed by atoms with Gasteiger partial charge < -0.3 is 33.3 Å². The first-order valence-electron chi connectivity index (χ1n) is 26.5. The van der Waals surface area contributed by atoms with Crippen molar-refractivity contribution in [3.05, 3.63) is 109 Å². The van der Waals surface area contributed by atoms with Crippen molar-refractivity contribution in [1.29, 1.82) is 0 Å². The average molecular weight is 948 g/mol. The molecule has 0 bridgehead atoms. The molecule has 0 heterocycles. The number of carboxylic acid groups (broad SMARTS) is 1. The van der Waals surface area contributed by atoms with Gasteiger partial charge in [0.25, 0.3) is 0 Å². The third-order valence-electron chi connectivity index (χ3n) is 10.8. The molecular formula is C59H97NO8. The Labute approximate surface area is 415 Å². The molecule has 2 atom stereocenters. The summed E-state index contributed by atoms with van der Waals surface area (Å²) < 4.78 is 22.6. The molecule has 386 valence electrons. The molecule has 0 aromatic heterocycles. The van der Waals surface area contributed by atoms with Gasteiger partial charge in [0.15, 0.2) is 12.4 Å². The van der Waals surface area contributed by atoms with Gasteiger partial charge in [-0.3, -0.25) is 9.59 Å². The Morgan fingerprint density at radius 2 is 0.838 bits per heavy atom. The van der Waals surface area contributed by atoms with Gasteiger partial charge in [0, 0.05) is 12.8 Å². The summed E-state index contributed by atoms with van der Waals surface area (Å²) in [5.74, 6) is -2.34. The lowest BCUT2D eigenvalue weighted by molar-refractivity contribution is -0.870. The molecule has 0 aliphatic heterocycles. The van der Waals surface area contributed by atoms with Crippen LogP contribution < -0.4 is 5.11 Å². The van der Waals surface area contributed by atoms with Crippen molar-refractivity contribution in [2.45, 2.75) is 200 Å². The van der Waals surface area contributed by atoms with E-state index in [9.17, 15) is 19.5 Å². The third kappa shape index (κ3) is 49.8. The lowest BCUT2D eigenvalue weighted by Crippen LogP contribution is -2.44. The highest BCUT2D eigenvalue weighted by Gasteiger charge is 2.21. The van der Waals surface area contributed by atoms with E-state index < -0.39 is 24.3 Å². The maximum Gasteiger partial charge on any atom is 0.306 e. The monoisotopic (exact) mass is 948 g/mol. The van der Waals surface area contributed by atoms with E-state index in [0.717, 1.165) is 116 Å². The predicted molar refractivity (Wildman–Crippen MR) is 283 cm³/mol. The number of aliphatic carboxylic acids is 1. The van der Waals surface area contributed by atoms with Crippen molar-refractivity contribution in [3.8, 4) is 0 Å². The molecule has 0 aliphatic carbocycles. The quantitative estimate of drug-likeness (QED) is 0.0195. The Hall–Kier alpha value is -4.05. The minimum absolute atomic E-state index is 0.135. The number of unbranched alkanes of at least 4 members (excludes halogenated alkanes) is 14. The molecule has 0 spiro atoms. The molecule has 0 aromatic carbocycles. The average Bonchev–Trinajstić information content (AvgIpc) is 3.30. The molecule has 2 unspecified atom stereocenters. The van der Waals surface area contributed by atoms with Crippen LogP contribution in [0.3, 0.4) is 0 Å². The first-order valence-corrected chi connectivity index (χ1v) is 26.5. The second-order valence-corrected chi connectivity index (χ2v) is 18.4. The largest absolute Gasteiger partial charge is 0.545 e. The fraction of sp³-hybridized carbons (Fsp3) is 0.644. The van der Waals surface area contributed by atoms with E-state index >= 15 is 0 Å². The summed E-state index contributed by atoms with van der Waals surface area (Å²) in [6, 6.07) is 0. The van der Waals surface area contributed by atoms with Crippen LogP contribution in [0.2, 0.25) is 0 Å². The molecule has 0 fully saturated rings. The van der Waals surface area contributed by atoms with Gasteiger partial charge >= 0.3 is 11.9 Å². The summed E-state index contributed by atoms with van der Waals surface area (Å²) in [6.07, 6.45) is 64.1. The van der Waals surface area contributed by atoms with Crippen molar-refractivity contribution >= 4 is 17.9 Å². The zero-order chi connectivity index (χ0) is 49.9. The van der Waals surface area contributed by atoms with E-state index in [1.165, 1.54) is 32.1 Å². The fourth-order valence-electron chi connectivity index (χ4n) is 6.66. The van der Waals surface area contributed by atoms with Crippen molar-refractivity contribution < 1.29 is 42.9 Å². The highest BCUT2D eigenvalue weighted by Crippen LogP contribution is 2.13. The molecule has 9 nitrogen and oxygen atoms in total. The number of likely N-dealkylation sites (N-methyl/N-ethyl adjacent to an activating group) is 1. The summed E-state index contributed by atoms with van der Waals surface area (Å²) >= 11 is 0. The van der Waals surface area contributed by atoms with E-state index in [4.69, 9.17) is 18.9 Å². The Bertz CT molecular complexity index is 1480. The van der Waals surface area contributed by atoms with Gasteiger partial charge in [0.2, 0.25) is 0 Å². The van der Waals surface area contributed by atoms with Crippen molar-refractivity contribution in [2.75, 3.05) is 47.5 Å². The van der Waals surface area contributed by atoms with Gasteiger partial charge in [0.1, 0.15) is 13.2 Å². The highest BCUT2D eigenvalue weighted by molar-refractivity contribution is 5.70. The Morgan fingerprint density at radius 1 is 0.456 bits per heavy atom. The van der Waals surface area contributed by atoms with E-state index in [0.29, 0.717) is 23.9 Å². The number of carbonyl (C=O) groups excluding carboxylic acids is 3. The van der Waals surface area contributed by atoms with Crippen LogP contribution >= 0.6 is 0 Å². The summed E-state index contributed by atoms with van der Waals surface area (Å²) in [5, 5.41) is 11.7. The summed E-state index contributed by atoms with van der Waals surface area (Å²) in [4.78, 5) is 37.2. The molecule has 0 amide bonds. The van der Waals surface area contributed by atoms with E-state index in [-0.39, 0.29) is 38.6 Å². The van der Waals surface area contributed by atoms with Gasteiger partial charge in [-0.15, -0.1) is 0 Å². The van der Waals surface area contributed by atoms with Crippen LogP contribution in [-0.2, 0) is 33.3 Å². The molecule has 0 saturated heterocycles. The molecule has 0 aliphatic rings. The number of hydrogen-bond acceptors (Lipinski definition) is 8. The van der Waals surface area contributed by atoms with E-state index in [1.54, 1.807) is 0 Å². The molecule has 0 rings (SSSR count). The van der Waals surface area contributed by atoms with Crippen LogP contribution in [0.5, 0.6) is 0 Å². The van der Waals surface area contributed by atoms with Gasteiger partial charge in [-0.25, -0.2) is 0 Å². The number of nitrogens with zero attached hydrogens (tertiary/aromatic N) is 1. The number of hydrogen-bond donors (Lipinski definition) is 0. The Kier molecular flexibility index (Phi) is 46.4. The number of carbonyl (C=O) groups is 3. The van der Waals surface area contributed by atoms with E-state index in [1.807, 2.05) is 21.1 Å². The van der Waals surface area contributed by atoms with Crippen LogP contribution in [0.4, 0.5) is 0 Å². The molecule has 9 heteroatoms. The molecule has 0 N–H and O–H groups in total. The summed E-state index contributed by atoms with van der Waals surface area (Å²) in [6.45, 7) is 4.55. The fourth-order valence-corrected chi connectivity index (χ4v) is 6.66. The maximum atomic E-state index is 12.8. The zero-order valence-corrected chi connectivity index (χ0v) is 43.7. The number of allylic oxidation sites excluding steroid dienone is 18. The molecular weight excluding hydrogens is 851 g/mol. The minimum Gasteiger partial charge on any atom is -0.545 e. The van der Waals surface area contributed by atoms with Crippen molar-refractivity contribution in [1.82, 2.24) is 0 Å². The predicted octanol–water partition coefficient (Wildman–Crippen LogP) is 13.8. The second kappa shape index (κ2) is 49.4. The van der Waals surface area contributed by atoms with Crippen molar-refractivity contribution in [2.24, 2.45) is 0 Å². The van der Waals surface area contributed by atoms with Crippen molar-refractivity contribution in [3.63, 3.8) is 0 Å². The minimum atomic E-state index is -1.64. The smallest absolute Gasteiger partial charge is 0.306 e. The first kappa shape index (κ1) is 64.0. The van der Waals surface area contributed by atoms with Crippen LogP contribution in [-0.4, -0.2) is 82.3 Å². The summed E-state index contributed by atoms with van der Waals surface area (Å²) in [7, 11) is 5.89. The van der Waals surface area contributed by atoms with Crippen LogP contribution in [0.15, 0.2) is 109 Å². The second-order valence-electron chi connectivity index (χ2n) is 18.4.